The Bertz CT molecular complexity index is 3340. The molecular weight excluding hydrogens is 1050 g/mol. The van der Waals surface area contributed by atoms with Crippen LogP contribution >= 0.6 is 7.92 Å². The molecule has 0 radical (unpaired) electrons. The lowest BCUT2D eigenvalue weighted by atomic mass is 9.72. The Morgan fingerprint density at radius 1 is 0.901 bits per heavy atom. The molecular formula is C62H72N5O13P. The van der Waals surface area contributed by atoms with Gasteiger partial charge in [-0.05, 0) is 105 Å². The fourth-order valence-corrected chi connectivity index (χ4v) is 16.4. The van der Waals surface area contributed by atoms with Gasteiger partial charge in [0.25, 0.3) is 5.91 Å². The Balaban J connectivity index is 0.758. The Hall–Kier alpha value is -7.11. The fraction of sp³-hybridized carbons (Fsp3) is 0.452. The summed E-state index contributed by atoms with van der Waals surface area (Å²) < 4.78 is 11.2. The van der Waals surface area contributed by atoms with Crippen LogP contribution in [0.15, 0.2) is 70.4 Å². The summed E-state index contributed by atoms with van der Waals surface area (Å²) in [5.41, 5.74) is 2.63. The van der Waals surface area contributed by atoms with E-state index in [0.29, 0.717) is 80.5 Å². The minimum Gasteiger partial charge on any atom is -0.508 e. The lowest BCUT2D eigenvalue weighted by Crippen LogP contribution is -2.48. The highest BCUT2D eigenvalue weighted by molar-refractivity contribution is 7.58. The zero-order valence-corrected chi connectivity index (χ0v) is 47.5. The number of Topliss-reactive ketones (excluding diaryl/α,β-unsaturated/α-hetero) is 1. The molecule has 2 amide bonds. The maximum Gasteiger partial charge on any atom is 0.274 e. The van der Waals surface area contributed by atoms with Gasteiger partial charge in [-0.2, -0.15) is 0 Å². The molecule has 8 N–H and O–H groups in total. The molecule has 2 saturated heterocycles. The van der Waals surface area contributed by atoms with Crippen LogP contribution in [0.3, 0.4) is 0 Å². The van der Waals surface area contributed by atoms with Crippen molar-refractivity contribution in [2.45, 2.75) is 127 Å². The van der Waals surface area contributed by atoms with Crippen molar-refractivity contribution in [3.05, 3.63) is 116 Å². The molecule has 0 spiro atoms. The van der Waals surface area contributed by atoms with Gasteiger partial charge in [0, 0.05) is 92.3 Å². The van der Waals surface area contributed by atoms with Gasteiger partial charge in [0.2, 0.25) is 11.7 Å². The lowest BCUT2D eigenvalue weighted by molar-refractivity contribution is -0.141. The monoisotopic (exact) mass is 1130 g/mol. The van der Waals surface area contributed by atoms with E-state index in [2.05, 4.69) is 27.6 Å². The number of aromatic hydroxyl groups is 4. The molecule has 10 rings (SSSR count). The molecule has 3 heterocycles. The van der Waals surface area contributed by atoms with Crippen molar-refractivity contribution < 1.29 is 63.9 Å². The molecule has 2 aliphatic heterocycles. The second-order valence-corrected chi connectivity index (χ2v) is 25.6. The molecule has 1 saturated carbocycles. The summed E-state index contributed by atoms with van der Waals surface area (Å²) in [4.78, 5) is 72.8. The number of hydrogen-bond donors (Lipinski definition) is 8. The highest BCUT2D eigenvalue weighted by Crippen LogP contribution is 2.66. The third-order valence-corrected chi connectivity index (χ3v) is 20.7. The summed E-state index contributed by atoms with van der Waals surface area (Å²) >= 11 is 0. The van der Waals surface area contributed by atoms with Crippen LogP contribution in [0.25, 0.3) is 22.5 Å². The molecule has 5 atom stereocenters. The Morgan fingerprint density at radius 3 is 2.28 bits per heavy atom. The molecule has 3 fully saturated rings. The summed E-state index contributed by atoms with van der Waals surface area (Å²) in [5, 5.41) is 78.4. The van der Waals surface area contributed by atoms with Crippen molar-refractivity contribution in [2.24, 2.45) is 0 Å². The van der Waals surface area contributed by atoms with E-state index in [9.17, 15) is 54.6 Å². The quantitative estimate of drug-likeness (QED) is 0.0315. The van der Waals surface area contributed by atoms with Crippen LogP contribution in [0, 0.1) is 0 Å². The number of ether oxygens (including phenoxy) is 1. The molecule has 5 aromatic rings. The van der Waals surface area contributed by atoms with Gasteiger partial charge in [-0.1, -0.05) is 75.8 Å². The van der Waals surface area contributed by atoms with Gasteiger partial charge in [0.05, 0.1) is 34.9 Å². The first-order valence-corrected chi connectivity index (χ1v) is 29.9. The molecule has 3 unspecified atom stereocenters. The van der Waals surface area contributed by atoms with E-state index in [-0.39, 0.29) is 92.0 Å². The second kappa shape index (κ2) is 23.4. The first kappa shape index (κ1) is 57.1. The largest absolute Gasteiger partial charge is 0.508 e. The van der Waals surface area contributed by atoms with Gasteiger partial charge in [-0.25, -0.2) is 0 Å². The van der Waals surface area contributed by atoms with E-state index in [1.54, 1.807) is 18.2 Å². The number of nitrogens with one attached hydrogen (secondary N) is 2. The van der Waals surface area contributed by atoms with Crippen molar-refractivity contribution >= 4 is 37.1 Å². The van der Waals surface area contributed by atoms with E-state index in [1.165, 1.54) is 30.5 Å². The van der Waals surface area contributed by atoms with Crippen molar-refractivity contribution in [3.63, 3.8) is 0 Å². The molecule has 1 aromatic heterocycles. The van der Waals surface area contributed by atoms with E-state index in [1.807, 2.05) is 49.9 Å². The molecule has 428 valence electrons. The highest BCUT2D eigenvalue weighted by atomic mass is 31.1. The van der Waals surface area contributed by atoms with Gasteiger partial charge in [0.1, 0.15) is 41.0 Å². The average molecular weight is 1130 g/mol. The van der Waals surface area contributed by atoms with Gasteiger partial charge in [-0.3, -0.25) is 28.9 Å². The predicted octanol–water partition coefficient (Wildman–Crippen LogP) is 8.34. The van der Waals surface area contributed by atoms with Crippen LogP contribution < -0.4 is 15.4 Å². The first-order chi connectivity index (χ1) is 38.9. The van der Waals surface area contributed by atoms with E-state index >= 15 is 0 Å². The number of rotatable bonds is 17. The molecule has 0 bridgehead atoms. The number of methoxy groups -OCH3 is 1. The van der Waals surface area contributed by atoms with Crippen LogP contribution in [0.5, 0.6) is 28.7 Å². The SMILES string of the molecule is CCNC(=O)c1noc(-c2cc(C(C)C)c(O)cc2O)c1-c1ccc(CN2CCN(C(=O)CCCC(N[C@@H]3CCP(C4CC(O)(C(=O)CO)Cc5c(O)c6c(c(O)c54)C(=O)c4c(OC)cccc4C6=O)[C@H](C)C3)=C3CCC3)CC2)cc1. The van der Waals surface area contributed by atoms with Gasteiger partial charge in [0.15, 0.2) is 23.0 Å². The third kappa shape index (κ3) is 10.8. The van der Waals surface area contributed by atoms with E-state index < -0.39 is 67.0 Å². The molecule has 4 aromatic carbocycles. The number of aromatic nitrogens is 1. The van der Waals surface area contributed by atoms with Crippen molar-refractivity contribution in [3.8, 4) is 51.2 Å². The number of aliphatic hydroxyl groups is 2. The Morgan fingerprint density at radius 2 is 1.63 bits per heavy atom. The number of phenols is 4. The number of allylic oxidation sites excluding steroid dienone is 2. The average Bonchev–Trinajstić information content (AvgIpc) is 3.48. The fourth-order valence-electron chi connectivity index (χ4n) is 12.8. The molecule has 19 heteroatoms. The predicted molar refractivity (Wildman–Crippen MR) is 305 cm³/mol. The normalized spacial score (nSPS) is 21.7. The number of aliphatic hydroxyl groups excluding tert-OH is 1. The third-order valence-electron chi connectivity index (χ3n) is 17.3. The number of hydrogen-bond acceptors (Lipinski definition) is 16. The number of carbonyl (C=O) groups is 5. The van der Waals surface area contributed by atoms with Crippen LogP contribution in [0.1, 0.15) is 162 Å². The Labute approximate surface area is 471 Å². The maximum atomic E-state index is 14.3. The molecule has 3 aliphatic carbocycles. The number of carbonyl (C=O) groups excluding carboxylic acids is 5. The number of phenolic OH excluding ortho intramolecular Hbond substituents is 4. The first-order valence-electron chi connectivity index (χ1n) is 28.3. The van der Waals surface area contributed by atoms with Crippen LogP contribution in [-0.4, -0.2) is 145 Å². The second-order valence-electron chi connectivity index (χ2n) is 22.7. The number of piperazine rings is 1. The lowest BCUT2D eigenvalue weighted by Gasteiger charge is -2.46. The number of ketones is 3. The zero-order chi connectivity index (χ0) is 57.6. The minimum atomic E-state index is -2.08. The highest BCUT2D eigenvalue weighted by Gasteiger charge is 2.51. The van der Waals surface area contributed by atoms with E-state index in [4.69, 9.17) is 9.26 Å². The summed E-state index contributed by atoms with van der Waals surface area (Å²) in [5.74, 6) is -3.38. The number of fused-ring (bicyclic) bond motifs is 3. The van der Waals surface area contributed by atoms with Crippen molar-refractivity contribution in [1.82, 2.24) is 25.6 Å². The Kier molecular flexibility index (Phi) is 16.5. The number of benzene rings is 4. The smallest absolute Gasteiger partial charge is 0.274 e. The van der Waals surface area contributed by atoms with Gasteiger partial charge in [-0.15, -0.1) is 0 Å². The van der Waals surface area contributed by atoms with E-state index in [0.717, 1.165) is 44.1 Å². The van der Waals surface area contributed by atoms with Crippen LogP contribution in [-0.2, 0) is 22.6 Å². The standard InChI is InChI=1S/C62H72N5O13P/c1-6-63-61(77)55-50(60(80-65-55)41-27-40(33(2)3)44(69)28-45(41)70)37-18-16-35(17-19-37)31-66-21-23-67(24-22-66)49(72)15-9-13-43(36-10-7-11-36)64-38-20-25-81(34(4)26-38)47-30-62(78,48(71)32-68)29-42-52(47)59(76)54-53(57(42)74)56(73)39-12-8-14-46(79-5)51(39)58(54)75/h8,12,14,16-19,27-28,33-34,38,47,64,68-70,74,76,78H,6-7,9-11,13,15,20-26,29-32H2,1-5H3,(H,63,77)/t34-,38-,47?,62?,81?/m1/s1. The summed E-state index contributed by atoms with van der Waals surface area (Å²) in [6, 6.07) is 15.4. The summed E-state index contributed by atoms with van der Waals surface area (Å²) in [6.07, 6.45) is 6.54. The summed E-state index contributed by atoms with van der Waals surface area (Å²) in [7, 11) is 0.270. The molecule has 18 nitrogen and oxygen atoms in total. The summed E-state index contributed by atoms with van der Waals surface area (Å²) in [6.45, 7) is 10.5. The van der Waals surface area contributed by atoms with Crippen molar-refractivity contribution in [1.29, 1.82) is 0 Å². The minimum absolute atomic E-state index is 0.00377. The molecule has 5 aliphatic rings. The maximum absolute atomic E-state index is 14.3. The van der Waals surface area contributed by atoms with Crippen LogP contribution in [0.4, 0.5) is 0 Å². The topological polar surface area (TPSA) is 273 Å². The van der Waals surface area contributed by atoms with Crippen LogP contribution in [0.2, 0.25) is 0 Å². The van der Waals surface area contributed by atoms with Gasteiger partial charge < -0.3 is 55.4 Å². The number of nitrogens with zero attached hydrogens (tertiary/aromatic N) is 3. The molecule has 81 heavy (non-hydrogen) atoms. The van der Waals surface area contributed by atoms with Gasteiger partial charge >= 0.3 is 0 Å². The number of amides is 2. The van der Waals surface area contributed by atoms with Crippen molar-refractivity contribution in [2.75, 3.05) is 52.6 Å². The zero-order valence-electron chi connectivity index (χ0n) is 46.6.